The van der Waals surface area contributed by atoms with E-state index >= 15 is 0 Å². The Morgan fingerprint density at radius 3 is 1.70 bits per heavy atom. The zero-order valence-corrected chi connectivity index (χ0v) is 31.4. The Bertz CT molecular complexity index is 3450. The van der Waals surface area contributed by atoms with Gasteiger partial charge in [-0.05, 0) is 41.8 Å². The Balaban J connectivity index is 1.21. The minimum atomic E-state index is 0.648. The summed E-state index contributed by atoms with van der Waals surface area (Å²) in [4.78, 5) is 15.4. The summed E-state index contributed by atoms with van der Waals surface area (Å²) in [5.74, 6) is 1.95. The zero-order chi connectivity index (χ0) is 37.5. The lowest BCUT2D eigenvalue weighted by molar-refractivity contribution is 1.08. The predicted octanol–water partition coefficient (Wildman–Crippen LogP) is 13.4. The number of rotatable bonds is 5. The van der Waals surface area contributed by atoms with Crippen molar-refractivity contribution < 1.29 is 0 Å². The van der Waals surface area contributed by atoms with Gasteiger partial charge in [0.05, 0.1) is 32.5 Å². The molecule has 6 heteroatoms. The molecule has 12 rings (SSSR count). The standard InChI is InChI=1S/C51H31N5S/c1-4-17-33(18-5-1)49-52-50(34-19-6-2-7-20-34)54-51(53-49)39-30-31-42(48-44(39)38-25-13-15-27-43(38)57-48)56-41-26-14-12-24-37(41)46-47(56)40-29-28-32-16-10-11-23-36(32)45(40)55(46)35-21-8-3-9-22-35/h1-31H. The third-order valence-corrected chi connectivity index (χ3v) is 12.3. The zero-order valence-electron chi connectivity index (χ0n) is 30.5. The Morgan fingerprint density at radius 1 is 0.386 bits per heavy atom. The van der Waals surface area contributed by atoms with E-state index in [9.17, 15) is 0 Å². The van der Waals surface area contributed by atoms with Crippen molar-refractivity contribution in [2.24, 2.45) is 0 Å². The number of fused-ring (bicyclic) bond motifs is 10. The topological polar surface area (TPSA) is 48.5 Å². The quantitative estimate of drug-likeness (QED) is 0.176. The van der Waals surface area contributed by atoms with Gasteiger partial charge in [0.25, 0.3) is 0 Å². The first-order valence-electron chi connectivity index (χ1n) is 19.1. The molecule has 0 saturated heterocycles. The van der Waals surface area contributed by atoms with Gasteiger partial charge >= 0.3 is 0 Å². The highest BCUT2D eigenvalue weighted by atomic mass is 32.1. The van der Waals surface area contributed by atoms with E-state index in [1.54, 1.807) is 0 Å². The van der Waals surface area contributed by atoms with Gasteiger partial charge in [-0.15, -0.1) is 11.3 Å². The maximum atomic E-state index is 5.21. The predicted molar refractivity (Wildman–Crippen MR) is 238 cm³/mol. The van der Waals surface area contributed by atoms with Gasteiger partial charge in [-0.25, -0.2) is 15.0 Å². The monoisotopic (exact) mass is 745 g/mol. The Labute approximate surface area is 331 Å². The molecule has 0 saturated carbocycles. The van der Waals surface area contributed by atoms with E-state index in [1.165, 1.54) is 52.9 Å². The van der Waals surface area contributed by atoms with Crippen LogP contribution in [0.5, 0.6) is 0 Å². The van der Waals surface area contributed by atoms with Crippen molar-refractivity contribution in [2.75, 3.05) is 0 Å². The molecule has 0 bridgehead atoms. The molecule has 57 heavy (non-hydrogen) atoms. The third kappa shape index (κ3) is 4.84. The lowest BCUT2D eigenvalue weighted by Crippen LogP contribution is -2.01. The van der Waals surface area contributed by atoms with Crippen LogP contribution in [-0.4, -0.2) is 24.1 Å². The molecule has 8 aromatic carbocycles. The van der Waals surface area contributed by atoms with Crippen molar-refractivity contribution in [3.8, 4) is 45.5 Å². The molecule has 0 spiro atoms. The SMILES string of the molecule is c1ccc(-c2nc(-c3ccccc3)nc(-c3ccc(-n4c5ccccc5c5c4c4ccc6ccccc6c4n5-c4ccccc4)c4sc5ccccc5c34)n2)cc1. The van der Waals surface area contributed by atoms with Crippen molar-refractivity contribution in [1.29, 1.82) is 0 Å². The second-order valence-electron chi connectivity index (χ2n) is 14.4. The number of aromatic nitrogens is 5. The van der Waals surface area contributed by atoms with Crippen molar-refractivity contribution in [2.45, 2.75) is 0 Å². The largest absolute Gasteiger partial charge is 0.306 e. The molecule has 5 nitrogen and oxygen atoms in total. The summed E-state index contributed by atoms with van der Waals surface area (Å²) in [7, 11) is 0. The summed E-state index contributed by atoms with van der Waals surface area (Å²) < 4.78 is 7.37. The molecule has 0 amide bonds. The average Bonchev–Trinajstić information content (AvgIpc) is 3.95. The average molecular weight is 746 g/mol. The summed E-state index contributed by atoms with van der Waals surface area (Å²) in [6, 6.07) is 66.5. The first kappa shape index (κ1) is 31.9. The van der Waals surface area contributed by atoms with Gasteiger partial charge in [-0.1, -0.05) is 152 Å². The molecule has 12 aromatic rings. The molecule has 0 fully saturated rings. The second-order valence-corrected chi connectivity index (χ2v) is 15.4. The van der Waals surface area contributed by atoms with Crippen LogP contribution < -0.4 is 0 Å². The summed E-state index contributed by atoms with van der Waals surface area (Å²) in [6.45, 7) is 0. The molecule has 4 heterocycles. The molecule has 0 radical (unpaired) electrons. The van der Waals surface area contributed by atoms with E-state index in [0.717, 1.165) is 39.0 Å². The van der Waals surface area contributed by atoms with Crippen LogP contribution in [0.4, 0.5) is 0 Å². The molecular weight excluding hydrogens is 715 g/mol. The molecule has 0 atom stereocenters. The lowest BCUT2D eigenvalue weighted by atomic mass is 10.0. The molecule has 0 N–H and O–H groups in total. The number of nitrogens with zero attached hydrogens (tertiary/aromatic N) is 5. The normalized spacial score (nSPS) is 11.9. The van der Waals surface area contributed by atoms with Crippen LogP contribution in [0.15, 0.2) is 188 Å². The molecular formula is C51H31N5S. The highest BCUT2D eigenvalue weighted by molar-refractivity contribution is 7.26. The van der Waals surface area contributed by atoms with Crippen molar-refractivity contribution >= 4 is 75.1 Å². The maximum Gasteiger partial charge on any atom is 0.164 e. The van der Waals surface area contributed by atoms with Crippen LogP contribution in [0.1, 0.15) is 0 Å². The van der Waals surface area contributed by atoms with Gasteiger partial charge < -0.3 is 9.13 Å². The van der Waals surface area contributed by atoms with Crippen molar-refractivity contribution in [3.63, 3.8) is 0 Å². The molecule has 0 aliphatic rings. The van der Waals surface area contributed by atoms with Gasteiger partial charge in [0.2, 0.25) is 0 Å². The fourth-order valence-electron chi connectivity index (χ4n) is 8.69. The highest BCUT2D eigenvalue weighted by Gasteiger charge is 2.26. The maximum absolute atomic E-state index is 5.21. The second kappa shape index (κ2) is 12.6. The molecule has 266 valence electrons. The van der Waals surface area contributed by atoms with Gasteiger partial charge in [-0.3, -0.25) is 0 Å². The van der Waals surface area contributed by atoms with E-state index < -0.39 is 0 Å². The van der Waals surface area contributed by atoms with E-state index in [1.807, 2.05) is 47.7 Å². The fraction of sp³-hybridized carbons (Fsp3) is 0. The van der Waals surface area contributed by atoms with Crippen LogP contribution in [0.2, 0.25) is 0 Å². The minimum Gasteiger partial charge on any atom is -0.306 e. The van der Waals surface area contributed by atoms with Crippen LogP contribution in [0.3, 0.4) is 0 Å². The number of para-hydroxylation sites is 2. The van der Waals surface area contributed by atoms with Gasteiger partial charge in [-0.2, -0.15) is 0 Å². The van der Waals surface area contributed by atoms with E-state index in [2.05, 4.69) is 161 Å². The van der Waals surface area contributed by atoms with E-state index in [-0.39, 0.29) is 0 Å². The Morgan fingerprint density at radius 2 is 0.965 bits per heavy atom. The first-order valence-corrected chi connectivity index (χ1v) is 19.9. The first-order chi connectivity index (χ1) is 28.3. The minimum absolute atomic E-state index is 0.648. The van der Waals surface area contributed by atoms with Crippen LogP contribution in [-0.2, 0) is 0 Å². The Hall–Kier alpha value is -7.41. The summed E-state index contributed by atoms with van der Waals surface area (Å²) in [5, 5.41) is 7.18. The summed E-state index contributed by atoms with van der Waals surface area (Å²) in [5.41, 5.74) is 9.89. The number of benzene rings is 8. The third-order valence-electron chi connectivity index (χ3n) is 11.2. The molecule has 4 aromatic heterocycles. The van der Waals surface area contributed by atoms with Crippen molar-refractivity contribution in [1.82, 2.24) is 24.1 Å². The van der Waals surface area contributed by atoms with Crippen LogP contribution in [0.25, 0.3) is 109 Å². The highest BCUT2D eigenvalue weighted by Crippen LogP contribution is 2.47. The van der Waals surface area contributed by atoms with Crippen LogP contribution >= 0.6 is 11.3 Å². The molecule has 0 unspecified atom stereocenters. The molecule has 0 aliphatic heterocycles. The fourth-order valence-corrected chi connectivity index (χ4v) is 9.92. The van der Waals surface area contributed by atoms with Crippen LogP contribution in [0, 0.1) is 0 Å². The number of hydrogen-bond donors (Lipinski definition) is 0. The smallest absolute Gasteiger partial charge is 0.164 e. The van der Waals surface area contributed by atoms with Crippen molar-refractivity contribution in [3.05, 3.63) is 188 Å². The number of thiophene rings is 1. The summed E-state index contributed by atoms with van der Waals surface area (Å²) in [6.07, 6.45) is 0. The van der Waals surface area contributed by atoms with Gasteiger partial charge in [0.15, 0.2) is 17.5 Å². The molecule has 0 aliphatic carbocycles. The van der Waals surface area contributed by atoms with Gasteiger partial charge in [0, 0.05) is 54.0 Å². The van der Waals surface area contributed by atoms with Gasteiger partial charge in [0.1, 0.15) is 0 Å². The van der Waals surface area contributed by atoms with E-state index in [4.69, 9.17) is 15.0 Å². The number of hydrogen-bond acceptors (Lipinski definition) is 4. The Kier molecular flexibility index (Phi) is 7.03. The lowest BCUT2D eigenvalue weighted by Gasteiger charge is -2.13. The summed E-state index contributed by atoms with van der Waals surface area (Å²) >= 11 is 1.83. The van der Waals surface area contributed by atoms with E-state index in [0.29, 0.717) is 17.5 Å².